The molecule has 6 heteroatoms. The predicted molar refractivity (Wildman–Crippen MR) is 69.3 cm³/mol. The van der Waals surface area contributed by atoms with Gasteiger partial charge < -0.3 is 5.73 Å². The molecule has 0 saturated heterocycles. The zero-order valence-electron chi connectivity index (χ0n) is 9.58. The molecule has 1 aromatic heterocycles. The molecule has 0 aliphatic carbocycles. The van der Waals surface area contributed by atoms with E-state index in [9.17, 15) is 8.42 Å². The van der Waals surface area contributed by atoms with Crippen LogP contribution >= 0.6 is 0 Å². The molecular formula is C12H13N3O2S. The van der Waals surface area contributed by atoms with E-state index in [1.165, 1.54) is 6.07 Å². The van der Waals surface area contributed by atoms with Crippen LogP contribution in [0.25, 0.3) is 0 Å². The quantitative estimate of drug-likeness (QED) is 0.804. The lowest BCUT2D eigenvalue weighted by molar-refractivity contribution is 0.598. The van der Waals surface area contributed by atoms with Crippen LogP contribution in [0.5, 0.6) is 0 Å². The maximum Gasteiger partial charge on any atom is 0.240 e. The Labute approximate surface area is 106 Å². The summed E-state index contributed by atoms with van der Waals surface area (Å²) >= 11 is 0. The number of primary sulfonamides is 1. The first-order valence-corrected chi connectivity index (χ1v) is 6.81. The van der Waals surface area contributed by atoms with Gasteiger partial charge in [-0.1, -0.05) is 12.1 Å². The van der Waals surface area contributed by atoms with Crippen LogP contribution in [-0.2, 0) is 16.4 Å². The van der Waals surface area contributed by atoms with Crippen LogP contribution in [0.2, 0.25) is 0 Å². The van der Waals surface area contributed by atoms with Gasteiger partial charge in [-0.3, -0.25) is 4.98 Å². The number of sulfonamides is 1. The van der Waals surface area contributed by atoms with Crippen molar-refractivity contribution in [1.82, 2.24) is 4.98 Å². The smallest absolute Gasteiger partial charge is 0.240 e. The topological polar surface area (TPSA) is 99.1 Å². The molecule has 0 atom stereocenters. The number of nitrogen functional groups attached to an aromatic ring is 1. The summed E-state index contributed by atoms with van der Waals surface area (Å²) in [6.07, 6.45) is 4.09. The van der Waals surface area contributed by atoms with Gasteiger partial charge in [0.2, 0.25) is 10.0 Å². The highest BCUT2D eigenvalue weighted by Gasteiger charge is 2.12. The lowest BCUT2D eigenvalue weighted by Gasteiger charge is -2.06. The molecule has 18 heavy (non-hydrogen) atoms. The fourth-order valence-electron chi connectivity index (χ4n) is 1.71. The van der Waals surface area contributed by atoms with E-state index < -0.39 is 10.0 Å². The molecule has 0 aliphatic heterocycles. The van der Waals surface area contributed by atoms with E-state index in [1.807, 2.05) is 12.1 Å². The van der Waals surface area contributed by atoms with Gasteiger partial charge in [-0.15, -0.1) is 0 Å². The molecule has 0 unspecified atom stereocenters. The van der Waals surface area contributed by atoms with E-state index in [-0.39, 0.29) is 10.6 Å². The summed E-state index contributed by atoms with van der Waals surface area (Å²) in [5.41, 5.74) is 7.79. The standard InChI is InChI=1S/C12H13N3O2S/c13-11-7-9(3-4-12(11)18(14,16)17)6-10-2-1-5-15-8-10/h1-5,7-8H,6,13H2,(H2,14,16,17). The fraction of sp³-hybridized carbons (Fsp3) is 0.0833. The molecule has 5 nitrogen and oxygen atoms in total. The van der Waals surface area contributed by atoms with Crippen molar-refractivity contribution >= 4 is 15.7 Å². The lowest BCUT2D eigenvalue weighted by atomic mass is 10.1. The summed E-state index contributed by atoms with van der Waals surface area (Å²) in [5, 5.41) is 5.04. The number of aromatic nitrogens is 1. The Balaban J connectivity index is 2.30. The summed E-state index contributed by atoms with van der Waals surface area (Å²) in [6, 6.07) is 8.53. The third-order valence-electron chi connectivity index (χ3n) is 2.51. The molecule has 0 saturated carbocycles. The van der Waals surface area contributed by atoms with Gasteiger partial charge in [0.15, 0.2) is 0 Å². The molecule has 2 aromatic rings. The number of nitrogens with zero attached hydrogens (tertiary/aromatic N) is 1. The average molecular weight is 263 g/mol. The van der Waals surface area contributed by atoms with Crippen molar-refractivity contribution in [3.63, 3.8) is 0 Å². The van der Waals surface area contributed by atoms with Crippen LogP contribution in [-0.4, -0.2) is 13.4 Å². The molecule has 94 valence electrons. The second-order valence-corrected chi connectivity index (χ2v) is 5.49. The summed E-state index contributed by atoms with van der Waals surface area (Å²) in [5.74, 6) is 0. The number of hydrogen-bond acceptors (Lipinski definition) is 4. The van der Waals surface area contributed by atoms with Crippen molar-refractivity contribution in [2.75, 3.05) is 5.73 Å². The molecule has 0 spiro atoms. The molecule has 0 aliphatic rings. The Morgan fingerprint density at radius 1 is 1.17 bits per heavy atom. The van der Waals surface area contributed by atoms with Crippen LogP contribution < -0.4 is 10.9 Å². The maximum atomic E-state index is 11.2. The Hall–Kier alpha value is -1.92. The Morgan fingerprint density at radius 3 is 2.50 bits per heavy atom. The van der Waals surface area contributed by atoms with Crippen molar-refractivity contribution in [3.05, 3.63) is 53.9 Å². The Bertz CT molecular complexity index is 654. The van der Waals surface area contributed by atoms with Crippen LogP contribution in [0.1, 0.15) is 11.1 Å². The first-order valence-electron chi connectivity index (χ1n) is 5.27. The van der Waals surface area contributed by atoms with Gasteiger partial charge in [0.1, 0.15) is 4.90 Å². The van der Waals surface area contributed by atoms with Crippen LogP contribution in [0, 0.1) is 0 Å². The maximum absolute atomic E-state index is 11.2. The minimum Gasteiger partial charge on any atom is -0.398 e. The number of anilines is 1. The molecule has 4 N–H and O–H groups in total. The zero-order chi connectivity index (χ0) is 13.2. The molecular weight excluding hydrogens is 250 g/mol. The largest absolute Gasteiger partial charge is 0.398 e. The van der Waals surface area contributed by atoms with Crippen molar-refractivity contribution in [2.24, 2.45) is 5.14 Å². The molecule has 2 rings (SSSR count). The number of hydrogen-bond donors (Lipinski definition) is 2. The third kappa shape index (κ3) is 2.85. The van der Waals surface area contributed by atoms with E-state index in [4.69, 9.17) is 10.9 Å². The minimum atomic E-state index is -3.76. The lowest BCUT2D eigenvalue weighted by Crippen LogP contribution is -2.14. The van der Waals surface area contributed by atoms with Crippen molar-refractivity contribution in [2.45, 2.75) is 11.3 Å². The Morgan fingerprint density at radius 2 is 1.94 bits per heavy atom. The fourth-order valence-corrected chi connectivity index (χ4v) is 2.35. The van der Waals surface area contributed by atoms with E-state index in [0.29, 0.717) is 6.42 Å². The summed E-state index contributed by atoms with van der Waals surface area (Å²) in [4.78, 5) is 3.97. The van der Waals surface area contributed by atoms with Gasteiger partial charge in [0.25, 0.3) is 0 Å². The molecule has 1 aromatic carbocycles. The van der Waals surface area contributed by atoms with E-state index >= 15 is 0 Å². The molecule has 0 bridgehead atoms. The van der Waals surface area contributed by atoms with Crippen molar-refractivity contribution < 1.29 is 8.42 Å². The van der Waals surface area contributed by atoms with E-state index in [0.717, 1.165) is 11.1 Å². The second kappa shape index (κ2) is 4.75. The zero-order valence-corrected chi connectivity index (χ0v) is 10.4. The summed E-state index contributed by atoms with van der Waals surface area (Å²) < 4.78 is 22.4. The highest BCUT2D eigenvalue weighted by molar-refractivity contribution is 7.89. The van der Waals surface area contributed by atoms with Gasteiger partial charge in [-0.2, -0.15) is 0 Å². The van der Waals surface area contributed by atoms with E-state index in [2.05, 4.69) is 4.98 Å². The van der Waals surface area contributed by atoms with Gasteiger partial charge in [0.05, 0.1) is 5.69 Å². The van der Waals surface area contributed by atoms with Crippen LogP contribution in [0.3, 0.4) is 0 Å². The summed E-state index contributed by atoms with van der Waals surface area (Å²) in [6.45, 7) is 0. The van der Waals surface area contributed by atoms with Gasteiger partial charge in [0, 0.05) is 12.4 Å². The van der Waals surface area contributed by atoms with E-state index in [1.54, 1.807) is 24.5 Å². The third-order valence-corrected chi connectivity index (χ3v) is 3.50. The first kappa shape index (κ1) is 12.5. The van der Waals surface area contributed by atoms with Crippen molar-refractivity contribution in [1.29, 1.82) is 0 Å². The predicted octanol–water partition coefficient (Wildman–Crippen LogP) is 0.902. The van der Waals surface area contributed by atoms with Gasteiger partial charge in [-0.05, 0) is 35.7 Å². The Kier molecular flexibility index (Phi) is 3.31. The highest BCUT2D eigenvalue weighted by atomic mass is 32.2. The molecule has 0 amide bonds. The SMILES string of the molecule is Nc1cc(Cc2cccnc2)ccc1S(N)(=O)=O. The molecule has 1 heterocycles. The van der Waals surface area contributed by atoms with Crippen LogP contribution in [0.4, 0.5) is 5.69 Å². The number of benzene rings is 1. The van der Waals surface area contributed by atoms with Crippen molar-refractivity contribution in [3.8, 4) is 0 Å². The average Bonchev–Trinajstić information content (AvgIpc) is 2.28. The number of nitrogens with two attached hydrogens (primary N) is 2. The van der Waals surface area contributed by atoms with Crippen LogP contribution in [0.15, 0.2) is 47.6 Å². The molecule has 0 fully saturated rings. The number of pyridine rings is 1. The monoisotopic (exact) mass is 263 g/mol. The second-order valence-electron chi connectivity index (χ2n) is 3.96. The summed E-state index contributed by atoms with van der Waals surface area (Å²) in [7, 11) is -3.76. The first-order chi connectivity index (χ1) is 8.47. The van der Waals surface area contributed by atoms with Gasteiger partial charge in [-0.25, -0.2) is 13.6 Å². The number of rotatable bonds is 3. The van der Waals surface area contributed by atoms with Gasteiger partial charge >= 0.3 is 0 Å². The molecule has 0 radical (unpaired) electrons. The normalized spacial score (nSPS) is 11.4. The minimum absolute atomic E-state index is 0.0440. The highest BCUT2D eigenvalue weighted by Crippen LogP contribution is 2.20.